The van der Waals surface area contributed by atoms with Gasteiger partial charge in [0.2, 0.25) is 5.95 Å². The van der Waals surface area contributed by atoms with Crippen LogP contribution in [0.25, 0.3) is 0 Å². The molecule has 92 valence electrons. The lowest BCUT2D eigenvalue weighted by Gasteiger charge is -2.16. The third-order valence-electron chi connectivity index (χ3n) is 3.60. The Morgan fingerprint density at radius 2 is 1.88 bits per heavy atom. The zero-order chi connectivity index (χ0) is 11.8. The molecular formula is C13H20N4. The Bertz CT molecular complexity index is 394. The summed E-state index contributed by atoms with van der Waals surface area (Å²) >= 11 is 0. The van der Waals surface area contributed by atoms with Gasteiger partial charge >= 0.3 is 0 Å². The lowest BCUT2D eigenvalue weighted by atomic mass is 10.3. The summed E-state index contributed by atoms with van der Waals surface area (Å²) in [5.74, 6) is 0.796. The quantitative estimate of drug-likeness (QED) is 0.862. The number of nitrogens with one attached hydrogen (secondary N) is 1. The molecule has 1 atom stereocenters. The van der Waals surface area contributed by atoms with E-state index < -0.39 is 0 Å². The fraction of sp³-hybridized carbons (Fsp3) is 0.692. The van der Waals surface area contributed by atoms with Gasteiger partial charge in [0.25, 0.3) is 0 Å². The van der Waals surface area contributed by atoms with Crippen molar-refractivity contribution in [3.05, 3.63) is 17.5 Å². The van der Waals surface area contributed by atoms with E-state index >= 15 is 0 Å². The summed E-state index contributed by atoms with van der Waals surface area (Å²) in [7, 11) is 0. The molecule has 1 aliphatic carbocycles. The smallest absolute Gasteiger partial charge is 0.223 e. The van der Waals surface area contributed by atoms with Gasteiger partial charge in [-0.3, -0.25) is 4.90 Å². The molecule has 1 N–H and O–H groups in total. The van der Waals surface area contributed by atoms with Crippen molar-refractivity contribution in [3.63, 3.8) is 0 Å². The van der Waals surface area contributed by atoms with Crippen molar-refractivity contribution in [2.24, 2.45) is 0 Å². The molecule has 4 nitrogen and oxygen atoms in total. The van der Waals surface area contributed by atoms with Crippen molar-refractivity contribution in [3.8, 4) is 0 Å². The maximum absolute atomic E-state index is 4.44. The standard InChI is InChI=1S/C13H20N4/c1-9-7-10(2)15-13(14-9)16-11-5-6-17(8-11)12-3-4-12/h7,11-12H,3-6,8H2,1-2H3,(H,14,15,16). The summed E-state index contributed by atoms with van der Waals surface area (Å²) in [6.45, 7) is 6.42. The lowest BCUT2D eigenvalue weighted by molar-refractivity contribution is 0.326. The molecule has 2 aliphatic rings. The first-order valence-electron chi connectivity index (χ1n) is 6.53. The van der Waals surface area contributed by atoms with E-state index in [1.54, 1.807) is 0 Å². The first-order chi connectivity index (χ1) is 8.20. The van der Waals surface area contributed by atoms with Crippen LogP contribution in [0.3, 0.4) is 0 Å². The number of aromatic nitrogens is 2. The average molecular weight is 232 g/mol. The molecule has 4 heteroatoms. The predicted octanol–water partition coefficient (Wildman–Crippen LogP) is 1.74. The van der Waals surface area contributed by atoms with Crippen LogP contribution in [0.15, 0.2) is 6.07 Å². The second kappa shape index (κ2) is 4.26. The second-order valence-electron chi connectivity index (χ2n) is 5.33. The van der Waals surface area contributed by atoms with Crippen LogP contribution < -0.4 is 5.32 Å². The van der Waals surface area contributed by atoms with Crippen LogP contribution >= 0.6 is 0 Å². The summed E-state index contributed by atoms with van der Waals surface area (Å²) in [6.07, 6.45) is 4.01. The number of rotatable bonds is 3. The summed E-state index contributed by atoms with van der Waals surface area (Å²) in [5.41, 5.74) is 2.08. The molecule has 3 rings (SSSR count). The minimum Gasteiger partial charge on any atom is -0.350 e. The van der Waals surface area contributed by atoms with Gasteiger partial charge in [0.05, 0.1) is 0 Å². The molecule has 1 saturated carbocycles. The van der Waals surface area contributed by atoms with E-state index in [0.29, 0.717) is 6.04 Å². The largest absolute Gasteiger partial charge is 0.350 e. The molecular weight excluding hydrogens is 212 g/mol. The van der Waals surface area contributed by atoms with Gasteiger partial charge in [-0.2, -0.15) is 0 Å². The van der Waals surface area contributed by atoms with Crippen LogP contribution in [-0.2, 0) is 0 Å². The summed E-state index contributed by atoms with van der Waals surface area (Å²) < 4.78 is 0. The van der Waals surface area contributed by atoms with E-state index in [0.717, 1.165) is 29.9 Å². The highest BCUT2D eigenvalue weighted by Crippen LogP contribution is 2.30. The highest BCUT2D eigenvalue weighted by molar-refractivity contribution is 5.29. The Kier molecular flexibility index (Phi) is 2.74. The van der Waals surface area contributed by atoms with E-state index in [9.17, 15) is 0 Å². The van der Waals surface area contributed by atoms with Crippen LogP contribution in [0, 0.1) is 13.8 Å². The molecule has 1 aromatic heterocycles. The Labute approximate surface area is 102 Å². The Balaban J connectivity index is 1.62. The number of nitrogens with zero attached hydrogens (tertiary/aromatic N) is 3. The SMILES string of the molecule is Cc1cc(C)nc(NC2CCN(C3CC3)C2)n1. The average Bonchev–Trinajstić information content (AvgIpc) is 2.99. The van der Waals surface area contributed by atoms with Crippen molar-refractivity contribution in [1.82, 2.24) is 14.9 Å². The normalized spacial score (nSPS) is 25.2. The molecule has 1 saturated heterocycles. The molecule has 0 spiro atoms. The van der Waals surface area contributed by atoms with Crippen LogP contribution in [0.5, 0.6) is 0 Å². The van der Waals surface area contributed by atoms with E-state index in [1.165, 1.54) is 25.8 Å². The van der Waals surface area contributed by atoms with Crippen molar-refractivity contribution in [1.29, 1.82) is 0 Å². The third-order valence-corrected chi connectivity index (χ3v) is 3.60. The number of anilines is 1. The molecule has 1 aliphatic heterocycles. The molecule has 2 heterocycles. The molecule has 1 aromatic rings. The van der Waals surface area contributed by atoms with Gasteiger partial charge in [0.15, 0.2) is 0 Å². The molecule has 0 bridgehead atoms. The summed E-state index contributed by atoms with van der Waals surface area (Å²) in [4.78, 5) is 11.5. The van der Waals surface area contributed by atoms with Gasteiger partial charge in [-0.05, 0) is 39.2 Å². The molecule has 17 heavy (non-hydrogen) atoms. The molecule has 0 radical (unpaired) electrons. The van der Waals surface area contributed by atoms with Gasteiger partial charge in [-0.15, -0.1) is 0 Å². The zero-order valence-corrected chi connectivity index (χ0v) is 10.6. The zero-order valence-electron chi connectivity index (χ0n) is 10.6. The van der Waals surface area contributed by atoms with Crippen molar-refractivity contribution in [2.45, 2.75) is 45.2 Å². The third kappa shape index (κ3) is 2.57. The van der Waals surface area contributed by atoms with Crippen LogP contribution in [0.1, 0.15) is 30.7 Å². The fourth-order valence-corrected chi connectivity index (χ4v) is 2.65. The molecule has 2 fully saturated rings. The van der Waals surface area contributed by atoms with E-state index in [4.69, 9.17) is 0 Å². The summed E-state index contributed by atoms with van der Waals surface area (Å²) in [6, 6.07) is 3.41. The first-order valence-corrected chi connectivity index (χ1v) is 6.53. The molecule has 0 amide bonds. The van der Waals surface area contributed by atoms with E-state index in [1.807, 2.05) is 19.9 Å². The van der Waals surface area contributed by atoms with E-state index in [-0.39, 0.29) is 0 Å². The topological polar surface area (TPSA) is 41.1 Å². The number of aryl methyl sites for hydroxylation is 2. The number of hydrogen-bond acceptors (Lipinski definition) is 4. The maximum Gasteiger partial charge on any atom is 0.223 e. The predicted molar refractivity (Wildman–Crippen MR) is 68.1 cm³/mol. The van der Waals surface area contributed by atoms with Gasteiger partial charge in [0, 0.05) is 36.6 Å². The van der Waals surface area contributed by atoms with Gasteiger partial charge in [-0.1, -0.05) is 0 Å². The molecule has 0 aromatic carbocycles. The van der Waals surface area contributed by atoms with Gasteiger partial charge in [0.1, 0.15) is 0 Å². The highest BCUT2D eigenvalue weighted by atomic mass is 15.2. The minimum atomic E-state index is 0.525. The fourth-order valence-electron chi connectivity index (χ4n) is 2.65. The van der Waals surface area contributed by atoms with Crippen molar-refractivity contribution < 1.29 is 0 Å². The minimum absolute atomic E-state index is 0.525. The summed E-state index contributed by atoms with van der Waals surface area (Å²) in [5, 5.41) is 3.47. The number of likely N-dealkylation sites (tertiary alicyclic amines) is 1. The Morgan fingerprint density at radius 1 is 1.18 bits per heavy atom. The lowest BCUT2D eigenvalue weighted by Crippen LogP contribution is -2.28. The van der Waals surface area contributed by atoms with Crippen LogP contribution in [-0.4, -0.2) is 40.0 Å². The Hall–Kier alpha value is -1.16. The van der Waals surface area contributed by atoms with Crippen molar-refractivity contribution in [2.75, 3.05) is 18.4 Å². The second-order valence-corrected chi connectivity index (χ2v) is 5.33. The molecule has 1 unspecified atom stereocenters. The van der Waals surface area contributed by atoms with Gasteiger partial charge in [-0.25, -0.2) is 9.97 Å². The van der Waals surface area contributed by atoms with E-state index in [2.05, 4.69) is 20.2 Å². The van der Waals surface area contributed by atoms with Gasteiger partial charge < -0.3 is 5.32 Å². The monoisotopic (exact) mass is 232 g/mol. The number of hydrogen-bond donors (Lipinski definition) is 1. The van der Waals surface area contributed by atoms with Crippen LogP contribution in [0.4, 0.5) is 5.95 Å². The highest BCUT2D eigenvalue weighted by Gasteiger charge is 2.34. The van der Waals surface area contributed by atoms with Crippen molar-refractivity contribution >= 4 is 5.95 Å². The maximum atomic E-state index is 4.44. The Morgan fingerprint density at radius 3 is 2.53 bits per heavy atom. The first kappa shape index (κ1) is 11.0. The van der Waals surface area contributed by atoms with Crippen LogP contribution in [0.2, 0.25) is 0 Å².